The molecule has 1 N–H and O–H groups in total. The average molecular weight is 364 g/mol. The monoisotopic (exact) mass is 364 g/mol. The van der Waals surface area contributed by atoms with Gasteiger partial charge in [0.1, 0.15) is 17.6 Å². The van der Waals surface area contributed by atoms with E-state index in [1.807, 2.05) is 6.07 Å². The first-order valence-electron chi connectivity index (χ1n) is 7.48. The van der Waals surface area contributed by atoms with Gasteiger partial charge in [-0.1, -0.05) is 12.1 Å². The van der Waals surface area contributed by atoms with E-state index in [9.17, 15) is 22.7 Å². The second-order valence-electron chi connectivity index (χ2n) is 5.68. The fourth-order valence-electron chi connectivity index (χ4n) is 2.81. The van der Waals surface area contributed by atoms with Gasteiger partial charge in [0, 0.05) is 11.6 Å². The number of fused-ring (bicyclic) bond motifs is 1. The minimum Gasteiger partial charge on any atom is -0.494 e. The molecule has 0 aliphatic heterocycles. The number of rotatable bonds is 3. The van der Waals surface area contributed by atoms with Gasteiger partial charge in [-0.3, -0.25) is 0 Å². The second-order valence-corrected chi connectivity index (χ2v) is 5.68. The molecule has 1 heterocycles. The van der Waals surface area contributed by atoms with Crippen LogP contribution in [0.5, 0.6) is 11.6 Å². The summed E-state index contributed by atoms with van der Waals surface area (Å²) >= 11 is 0. The number of alkyl halides is 3. The van der Waals surface area contributed by atoms with E-state index in [4.69, 9.17) is 5.26 Å². The number of halogens is 4. The third-order valence-electron chi connectivity index (χ3n) is 4.01. The van der Waals surface area contributed by atoms with Crippen molar-refractivity contribution in [3.05, 3.63) is 59.5 Å². The highest BCUT2D eigenvalue weighted by molar-refractivity contribution is 5.93. The number of nitriles is 1. The summed E-state index contributed by atoms with van der Waals surface area (Å²) in [6.07, 6.45) is -3.29. The van der Waals surface area contributed by atoms with Gasteiger partial charge < -0.3 is 14.4 Å². The lowest BCUT2D eigenvalue weighted by Gasteiger charge is -2.16. The van der Waals surface area contributed by atoms with Gasteiger partial charge in [0.2, 0.25) is 5.88 Å². The van der Waals surface area contributed by atoms with Crippen LogP contribution in [0.3, 0.4) is 0 Å². The Morgan fingerprint density at radius 2 is 1.85 bits per heavy atom. The summed E-state index contributed by atoms with van der Waals surface area (Å²) in [7, 11) is 0. The molecule has 0 radical (unpaired) electrons. The second kappa shape index (κ2) is 6.26. The Bertz CT molecular complexity index is 1000. The normalized spacial score (nSPS) is 12.8. The van der Waals surface area contributed by atoms with E-state index in [2.05, 4.69) is 4.74 Å². The van der Waals surface area contributed by atoms with Crippen LogP contribution in [0.15, 0.2) is 42.6 Å². The molecule has 8 heteroatoms. The van der Waals surface area contributed by atoms with Gasteiger partial charge in [0.15, 0.2) is 0 Å². The Morgan fingerprint density at radius 1 is 1.19 bits per heavy atom. The smallest absolute Gasteiger partial charge is 0.494 e. The largest absolute Gasteiger partial charge is 0.573 e. The van der Waals surface area contributed by atoms with Crippen molar-refractivity contribution >= 4 is 10.8 Å². The van der Waals surface area contributed by atoms with Gasteiger partial charge in [-0.05, 0) is 36.8 Å². The summed E-state index contributed by atoms with van der Waals surface area (Å²) < 4.78 is 55.5. The number of nitrogens with zero attached hydrogens (tertiary/aromatic N) is 2. The molecule has 0 fully saturated rings. The highest BCUT2D eigenvalue weighted by Crippen LogP contribution is 2.35. The number of benzene rings is 2. The zero-order valence-electron chi connectivity index (χ0n) is 13.4. The summed E-state index contributed by atoms with van der Waals surface area (Å²) in [4.78, 5) is 0. The quantitative estimate of drug-likeness (QED) is 0.675. The highest BCUT2D eigenvalue weighted by atomic mass is 19.4. The molecule has 0 spiro atoms. The lowest BCUT2D eigenvalue weighted by Crippen LogP contribution is -2.17. The molecular formula is C18H12F4N2O2. The first kappa shape index (κ1) is 17.6. The van der Waals surface area contributed by atoms with Crippen molar-refractivity contribution in [1.29, 1.82) is 5.26 Å². The van der Waals surface area contributed by atoms with Gasteiger partial charge in [-0.2, -0.15) is 5.26 Å². The average Bonchev–Trinajstić information content (AvgIpc) is 2.89. The molecule has 1 aromatic heterocycles. The van der Waals surface area contributed by atoms with Crippen LogP contribution in [-0.2, 0) is 0 Å². The van der Waals surface area contributed by atoms with Crippen molar-refractivity contribution < 1.29 is 27.4 Å². The van der Waals surface area contributed by atoms with Crippen molar-refractivity contribution in [2.75, 3.05) is 0 Å². The van der Waals surface area contributed by atoms with E-state index >= 15 is 0 Å². The van der Waals surface area contributed by atoms with Crippen molar-refractivity contribution in [2.24, 2.45) is 0 Å². The van der Waals surface area contributed by atoms with Crippen LogP contribution in [0.25, 0.3) is 10.8 Å². The minimum absolute atomic E-state index is 0.00243. The molecule has 26 heavy (non-hydrogen) atoms. The molecule has 1 unspecified atom stereocenters. The first-order chi connectivity index (χ1) is 12.2. The number of hydrogen-bond acceptors (Lipinski definition) is 3. The number of aromatic nitrogens is 1. The molecule has 1 atom stereocenters. The fraction of sp³-hybridized carbons (Fsp3) is 0.167. The summed E-state index contributed by atoms with van der Waals surface area (Å²) in [5.41, 5.74) is 0.589. The van der Waals surface area contributed by atoms with Gasteiger partial charge in [-0.25, -0.2) is 4.39 Å². The van der Waals surface area contributed by atoms with Crippen molar-refractivity contribution in [2.45, 2.75) is 19.3 Å². The maximum atomic E-state index is 13.6. The Balaban J connectivity index is 1.99. The Labute approximate surface area is 145 Å². The summed E-state index contributed by atoms with van der Waals surface area (Å²) in [6, 6.07) is 8.78. The van der Waals surface area contributed by atoms with Crippen LogP contribution in [0, 0.1) is 17.1 Å². The maximum Gasteiger partial charge on any atom is 0.573 e. The maximum absolute atomic E-state index is 13.6. The molecule has 2 aromatic carbocycles. The predicted molar refractivity (Wildman–Crippen MR) is 85.2 cm³/mol. The minimum atomic E-state index is -4.78. The third kappa shape index (κ3) is 3.28. The van der Waals surface area contributed by atoms with Gasteiger partial charge in [-0.15, -0.1) is 13.2 Å². The van der Waals surface area contributed by atoms with Crippen LogP contribution in [0.1, 0.15) is 24.1 Å². The van der Waals surface area contributed by atoms with Crippen molar-refractivity contribution in [3.8, 4) is 17.7 Å². The Kier molecular flexibility index (Phi) is 4.24. The standard InChI is InChI=1S/C18H12F4N2O2/c1-10(11-2-4-15(5-3-11)26-18(20,21)22)24-9-13-7-14(19)6-12(8-23)16(13)17(24)25/h2-7,9-10,25H,1H3. The van der Waals surface area contributed by atoms with Crippen molar-refractivity contribution in [1.82, 2.24) is 4.57 Å². The van der Waals surface area contributed by atoms with E-state index in [-0.39, 0.29) is 22.6 Å². The van der Waals surface area contributed by atoms with E-state index in [0.717, 1.165) is 6.07 Å². The van der Waals surface area contributed by atoms with E-state index in [1.54, 1.807) is 6.92 Å². The topological polar surface area (TPSA) is 58.2 Å². The molecule has 4 nitrogen and oxygen atoms in total. The molecule has 0 aliphatic rings. The van der Waals surface area contributed by atoms with Gasteiger partial charge >= 0.3 is 6.36 Å². The van der Waals surface area contributed by atoms with E-state index in [1.165, 1.54) is 41.1 Å². The SMILES string of the molecule is CC(c1ccc(OC(F)(F)F)cc1)n1cc2cc(F)cc(C#N)c2c1O. The molecule has 0 saturated carbocycles. The Morgan fingerprint density at radius 3 is 2.42 bits per heavy atom. The molecule has 134 valence electrons. The predicted octanol–water partition coefficient (Wildman–Crippen LogP) is 4.87. The van der Waals surface area contributed by atoms with Crippen LogP contribution >= 0.6 is 0 Å². The zero-order chi connectivity index (χ0) is 19.1. The number of ether oxygens (including phenoxy) is 1. The lowest BCUT2D eigenvalue weighted by atomic mass is 10.1. The summed E-state index contributed by atoms with van der Waals surface area (Å²) in [6.45, 7) is 1.71. The van der Waals surface area contributed by atoms with E-state index in [0.29, 0.717) is 10.9 Å². The van der Waals surface area contributed by atoms with E-state index < -0.39 is 18.2 Å². The van der Waals surface area contributed by atoms with Gasteiger partial charge in [0.05, 0.1) is 17.0 Å². The van der Waals surface area contributed by atoms with Crippen LogP contribution in [0.2, 0.25) is 0 Å². The molecular weight excluding hydrogens is 352 g/mol. The molecule has 0 bridgehead atoms. The summed E-state index contributed by atoms with van der Waals surface area (Å²) in [5, 5.41) is 20.1. The molecule has 0 amide bonds. The highest BCUT2D eigenvalue weighted by Gasteiger charge is 2.31. The fourth-order valence-corrected chi connectivity index (χ4v) is 2.81. The first-order valence-corrected chi connectivity index (χ1v) is 7.48. The third-order valence-corrected chi connectivity index (χ3v) is 4.01. The van der Waals surface area contributed by atoms with Crippen molar-refractivity contribution in [3.63, 3.8) is 0 Å². The molecule has 0 saturated heterocycles. The van der Waals surface area contributed by atoms with Crippen LogP contribution in [-0.4, -0.2) is 16.0 Å². The lowest BCUT2D eigenvalue weighted by molar-refractivity contribution is -0.274. The number of hydrogen-bond donors (Lipinski definition) is 1. The van der Waals surface area contributed by atoms with Crippen LogP contribution in [0.4, 0.5) is 17.6 Å². The molecule has 3 rings (SSSR count). The number of aromatic hydroxyl groups is 1. The van der Waals surface area contributed by atoms with Gasteiger partial charge in [0.25, 0.3) is 0 Å². The Hall–Kier alpha value is -3.21. The van der Waals surface area contributed by atoms with Crippen LogP contribution < -0.4 is 4.74 Å². The molecule has 0 aliphatic carbocycles. The summed E-state index contributed by atoms with van der Waals surface area (Å²) in [5.74, 6) is -1.18. The molecule has 3 aromatic rings. The zero-order valence-corrected chi connectivity index (χ0v) is 13.4.